The molecule has 2 N–H and O–H groups in total. The molecular formula is C12H25N3O. The number of nitrogens with one attached hydrogen (secondary N) is 2. The van der Waals surface area contributed by atoms with Gasteiger partial charge < -0.3 is 15.4 Å². The lowest BCUT2D eigenvalue weighted by Crippen LogP contribution is -2.45. The Hall–Kier alpha value is -0.770. The summed E-state index contributed by atoms with van der Waals surface area (Å²) in [5.41, 5.74) is 0. The molecule has 0 aromatic rings. The van der Waals surface area contributed by atoms with Gasteiger partial charge in [0, 0.05) is 26.7 Å². The first-order chi connectivity index (χ1) is 7.76. The molecule has 4 heteroatoms. The van der Waals surface area contributed by atoms with Gasteiger partial charge in [0.15, 0.2) is 5.96 Å². The number of ether oxygens (including phenoxy) is 1. The van der Waals surface area contributed by atoms with Crippen LogP contribution in [-0.4, -0.2) is 39.3 Å². The van der Waals surface area contributed by atoms with E-state index in [0.717, 1.165) is 18.4 Å². The first-order valence-corrected chi connectivity index (χ1v) is 6.22. The van der Waals surface area contributed by atoms with Crippen molar-refractivity contribution in [1.29, 1.82) is 0 Å². The molecule has 0 atom stereocenters. The molecule has 4 nitrogen and oxygen atoms in total. The Labute approximate surface area is 98.9 Å². The molecule has 1 fully saturated rings. The van der Waals surface area contributed by atoms with Crippen LogP contribution in [-0.2, 0) is 4.74 Å². The van der Waals surface area contributed by atoms with Crippen molar-refractivity contribution >= 4 is 5.96 Å². The molecule has 0 radical (unpaired) electrons. The van der Waals surface area contributed by atoms with Crippen LogP contribution in [0.1, 0.15) is 32.6 Å². The zero-order valence-electron chi connectivity index (χ0n) is 10.8. The number of hydrogen-bond donors (Lipinski definition) is 2. The molecule has 0 saturated heterocycles. The van der Waals surface area contributed by atoms with Crippen molar-refractivity contribution in [2.75, 3.05) is 27.3 Å². The van der Waals surface area contributed by atoms with E-state index in [1.54, 1.807) is 7.11 Å². The molecule has 94 valence electrons. The minimum absolute atomic E-state index is 0.588. The summed E-state index contributed by atoms with van der Waals surface area (Å²) in [7, 11) is 3.52. The van der Waals surface area contributed by atoms with Crippen LogP contribution in [0.15, 0.2) is 4.99 Å². The van der Waals surface area contributed by atoms with Gasteiger partial charge in [-0.25, -0.2) is 0 Å². The maximum Gasteiger partial charge on any atom is 0.191 e. The molecule has 0 heterocycles. The van der Waals surface area contributed by atoms with Gasteiger partial charge in [-0.05, 0) is 31.6 Å². The molecule has 0 unspecified atom stereocenters. The van der Waals surface area contributed by atoms with E-state index < -0.39 is 0 Å². The third-order valence-corrected chi connectivity index (χ3v) is 3.18. The smallest absolute Gasteiger partial charge is 0.191 e. The molecule has 16 heavy (non-hydrogen) atoms. The van der Waals surface area contributed by atoms with Gasteiger partial charge in [-0.2, -0.15) is 0 Å². The van der Waals surface area contributed by atoms with Gasteiger partial charge in [0.25, 0.3) is 0 Å². The van der Waals surface area contributed by atoms with E-state index in [2.05, 4.69) is 22.5 Å². The highest BCUT2D eigenvalue weighted by Gasteiger charge is 2.18. The van der Waals surface area contributed by atoms with Gasteiger partial charge in [-0.1, -0.05) is 6.92 Å². The van der Waals surface area contributed by atoms with Crippen LogP contribution in [0.2, 0.25) is 0 Å². The standard InChI is InChI=1S/C12H25N3O/c1-10-4-6-11(7-5-10)15-12(13-2)14-8-9-16-3/h10-11H,4-9H2,1-3H3,(H2,13,14,15). The second-order valence-corrected chi connectivity index (χ2v) is 4.59. The zero-order chi connectivity index (χ0) is 11.8. The normalized spacial score (nSPS) is 26.6. The second kappa shape index (κ2) is 7.49. The summed E-state index contributed by atoms with van der Waals surface area (Å²) < 4.78 is 5.00. The van der Waals surface area contributed by atoms with Gasteiger partial charge in [-0.3, -0.25) is 4.99 Å². The van der Waals surface area contributed by atoms with Crippen LogP contribution in [0, 0.1) is 5.92 Å². The number of nitrogens with zero attached hydrogens (tertiary/aromatic N) is 1. The van der Waals surface area contributed by atoms with Crippen LogP contribution in [0.5, 0.6) is 0 Å². The summed E-state index contributed by atoms with van der Waals surface area (Å²) in [4.78, 5) is 4.21. The topological polar surface area (TPSA) is 45.7 Å². The van der Waals surface area contributed by atoms with Crippen LogP contribution in [0.3, 0.4) is 0 Å². The Bertz CT molecular complexity index is 210. The van der Waals surface area contributed by atoms with Gasteiger partial charge >= 0.3 is 0 Å². The lowest BCUT2D eigenvalue weighted by atomic mass is 9.87. The zero-order valence-corrected chi connectivity index (χ0v) is 10.8. The molecule has 0 aliphatic heterocycles. The highest BCUT2D eigenvalue weighted by atomic mass is 16.5. The van der Waals surface area contributed by atoms with E-state index in [1.165, 1.54) is 25.7 Å². The predicted octanol–water partition coefficient (Wildman–Crippen LogP) is 1.38. The molecule has 1 rings (SSSR count). The van der Waals surface area contributed by atoms with Crippen LogP contribution in [0.4, 0.5) is 0 Å². The Morgan fingerprint density at radius 1 is 1.31 bits per heavy atom. The molecular weight excluding hydrogens is 202 g/mol. The van der Waals surface area contributed by atoms with Crippen molar-refractivity contribution in [3.05, 3.63) is 0 Å². The molecule has 0 bridgehead atoms. The maximum absolute atomic E-state index is 5.00. The summed E-state index contributed by atoms with van der Waals surface area (Å²) in [5.74, 6) is 1.79. The molecule has 0 aromatic carbocycles. The van der Waals surface area contributed by atoms with E-state index >= 15 is 0 Å². The fraction of sp³-hybridized carbons (Fsp3) is 0.917. The van der Waals surface area contributed by atoms with Crippen molar-refractivity contribution in [3.63, 3.8) is 0 Å². The summed E-state index contributed by atoms with van der Waals surface area (Å²) in [6.07, 6.45) is 5.16. The molecule has 0 spiro atoms. The highest BCUT2D eigenvalue weighted by Crippen LogP contribution is 2.23. The molecule has 1 aliphatic rings. The van der Waals surface area contributed by atoms with Crippen molar-refractivity contribution in [2.45, 2.75) is 38.6 Å². The molecule has 0 amide bonds. The number of methoxy groups -OCH3 is 1. The van der Waals surface area contributed by atoms with Gasteiger partial charge in [0.2, 0.25) is 0 Å². The van der Waals surface area contributed by atoms with Crippen LogP contribution < -0.4 is 10.6 Å². The fourth-order valence-electron chi connectivity index (χ4n) is 2.06. The van der Waals surface area contributed by atoms with E-state index in [1.807, 2.05) is 7.05 Å². The summed E-state index contributed by atoms with van der Waals surface area (Å²) in [6, 6.07) is 0.588. The maximum atomic E-state index is 5.00. The van der Waals surface area contributed by atoms with Crippen molar-refractivity contribution in [2.24, 2.45) is 10.9 Å². The first-order valence-electron chi connectivity index (χ1n) is 6.22. The summed E-state index contributed by atoms with van der Waals surface area (Å²) in [6.45, 7) is 3.85. The van der Waals surface area contributed by atoms with Crippen molar-refractivity contribution in [1.82, 2.24) is 10.6 Å². The molecule has 0 aromatic heterocycles. The Balaban J connectivity index is 2.22. The second-order valence-electron chi connectivity index (χ2n) is 4.59. The largest absolute Gasteiger partial charge is 0.383 e. The molecule has 1 saturated carbocycles. The SMILES string of the molecule is CN=C(NCCOC)NC1CCC(C)CC1. The van der Waals surface area contributed by atoms with Gasteiger partial charge in [0.1, 0.15) is 0 Å². The average molecular weight is 227 g/mol. The van der Waals surface area contributed by atoms with E-state index in [0.29, 0.717) is 12.6 Å². The minimum atomic E-state index is 0.588. The Morgan fingerprint density at radius 3 is 2.56 bits per heavy atom. The summed E-state index contributed by atoms with van der Waals surface area (Å²) >= 11 is 0. The minimum Gasteiger partial charge on any atom is -0.383 e. The quantitative estimate of drug-likeness (QED) is 0.433. The molecule has 1 aliphatic carbocycles. The lowest BCUT2D eigenvalue weighted by Gasteiger charge is -2.28. The number of guanidine groups is 1. The van der Waals surface area contributed by atoms with E-state index in [-0.39, 0.29) is 0 Å². The van der Waals surface area contributed by atoms with E-state index in [4.69, 9.17) is 4.74 Å². The Kier molecular flexibility index (Phi) is 6.23. The third-order valence-electron chi connectivity index (χ3n) is 3.18. The van der Waals surface area contributed by atoms with E-state index in [9.17, 15) is 0 Å². The average Bonchev–Trinajstić information content (AvgIpc) is 2.31. The summed E-state index contributed by atoms with van der Waals surface area (Å²) in [5, 5.41) is 6.71. The predicted molar refractivity (Wildman–Crippen MR) is 67.8 cm³/mol. The van der Waals surface area contributed by atoms with Crippen molar-refractivity contribution < 1.29 is 4.74 Å². The number of aliphatic imine (C=N–C) groups is 1. The van der Waals surface area contributed by atoms with Gasteiger partial charge in [-0.15, -0.1) is 0 Å². The fourth-order valence-corrected chi connectivity index (χ4v) is 2.06. The van der Waals surface area contributed by atoms with Crippen LogP contribution in [0.25, 0.3) is 0 Å². The van der Waals surface area contributed by atoms with Gasteiger partial charge in [0.05, 0.1) is 6.61 Å². The third kappa shape index (κ3) is 4.84. The Morgan fingerprint density at radius 2 is 2.00 bits per heavy atom. The lowest BCUT2D eigenvalue weighted by molar-refractivity contribution is 0.203. The van der Waals surface area contributed by atoms with Crippen LogP contribution >= 0.6 is 0 Å². The number of rotatable bonds is 4. The highest BCUT2D eigenvalue weighted by molar-refractivity contribution is 5.79. The number of hydrogen-bond acceptors (Lipinski definition) is 2. The monoisotopic (exact) mass is 227 g/mol. The van der Waals surface area contributed by atoms with Crippen molar-refractivity contribution in [3.8, 4) is 0 Å². The first kappa shape index (κ1) is 13.3.